The minimum absolute atomic E-state index is 0.164. The fourth-order valence-electron chi connectivity index (χ4n) is 3.81. The second kappa shape index (κ2) is 6.03. The van der Waals surface area contributed by atoms with Crippen LogP contribution in [0.2, 0.25) is 0 Å². The first-order valence-corrected chi connectivity index (χ1v) is 8.84. The molecule has 0 bridgehead atoms. The molecule has 1 atom stereocenters. The number of anilines is 1. The van der Waals surface area contributed by atoms with Gasteiger partial charge in [-0.3, -0.25) is 9.59 Å². The molecule has 1 saturated heterocycles. The van der Waals surface area contributed by atoms with Crippen molar-refractivity contribution in [3.63, 3.8) is 0 Å². The van der Waals surface area contributed by atoms with Crippen molar-refractivity contribution < 1.29 is 9.59 Å². The maximum Gasteiger partial charge on any atom is 0.270 e. The smallest absolute Gasteiger partial charge is 0.270 e. The van der Waals surface area contributed by atoms with E-state index in [0.29, 0.717) is 24.7 Å². The Kier molecular flexibility index (Phi) is 3.86. The molecule has 1 aliphatic heterocycles. The molecule has 24 heavy (non-hydrogen) atoms. The predicted molar refractivity (Wildman–Crippen MR) is 88.3 cm³/mol. The summed E-state index contributed by atoms with van der Waals surface area (Å²) in [5.41, 5.74) is 8.03. The maximum atomic E-state index is 12.6. The number of aryl methyl sites for hydroxylation is 1. The Morgan fingerprint density at radius 1 is 1.25 bits per heavy atom. The topological polar surface area (TPSA) is 101 Å². The number of aromatic nitrogens is 2. The molecule has 1 unspecified atom stereocenters. The summed E-state index contributed by atoms with van der Waals surface area (Å²) in [5, 5.41) is 2.96. The van der Waals surface area contributed by atoms with E-state index in [4.69, 9.17) is 5.73 Å². The lowest BCUT2D eigenvalue weighted by atomic mass is 9.94. The number of nitrogen functional groups attached to an aromatic ring is 1. The highest BCUT2D eigenvalue weighted by Crippen LogP contribution is 2.32. The van der Waals surface area contributed by atoms with Gasteiger partial charge in [-0.1, -0.05) is 0 Å². The van der Waals surface area contributed by atoms with Crippen molar-refractivity contribution in [2.45, 2.75) is 51.0 Å². The standard InChI is InChI=1S/C17H23N5O2/c18-17-20-13-4-2-1-3-12(13)15(21-17)16(24)19-8-10-7-14(23)22(9-10)11-5-6-11/h10-11H,1-9H2,(H,19,24)(H2,18,20,21). The van der Waals surface area contributed by atoms with Crippen molar-refractivity contribution >= 4 is 17.8 Å². The molecule has 3 aliphatic rings. The van der Waals surface area contributed by atoms with Gasteiger partial charge in [0.25, 0.3) is 5.91 Å². The Morgan fingerprint density at radius 3 is 2.83 bits per heavy atom. The molecule has 4 rings (SSSR count). The number of carbonyl (C=O) groups is 2. The molecule has 2 amide bonds. The Balaban J connectivity index is 1.42. The molecular weight excluding hydrogens is 306 g/mol. The molecule has 3 N–H and O–H groups in total. The predicted octanol–water partition coefficient (Wildman–Crippen LogP) is 0.678. The lowest BCUT2D eigenvalue weighted by Gasteiger charge is -2.19. The third-order valence-corrected chi connectivity index (χ3v) is 5.19. The van der Waals surface area contributed by atoms with Crippen LogP contribution in [0.25, 0.3) is 0 Å². The summed E-state index contributed by atoms with van der Waals surface area (Å²) < 4.78 is 0. The zero-order valence-electron chi connectivity index (χ0n) is 13.8. The highest BCUT2D eigenvalue weighted by atomic mass is 16.2. The zero-order valence-corrected chi connectivity index (χ0v) is 13.8. The van der Waals surface area contributed by atoms with Crippen LogP contribution in [0.5, 0.6) is 0 Å². The first kappa shape index (κ1) is 15.4. The van der Waals surface area contributed by atoms with Crippen LogP contribution in [0.4, 0.5) is 5.95 Å². The average molecular weight is 329 g/mol. The van der Waals surface area contributed by atoms with Crippen molar-refractivity contribution in [1.82, 2.24) is 20.2 Å². The van der Waals surface area contributed by atoms with Crippen molar-refractivity contribution in [2.75, 3.05) is 18.8 Å². The zero-order chi connectivity index (χ0) is 16.7. The number of rotatable bonds is 4. The van der Waals surface area contributed by atoms with E-state index in [-0.39, 0.29) is 23.7 Å². The van der Waals surface area contributed by atoms with Gasteiger partial charge in [0.05, 0.1) is 0 Å². The second-order valence-electron chi connectivity index (χ2n) is 7.12. The molecule has 2 fully saturated rings. The number of fused-ring (bicyclic) bond motifs is 1. The summed E-state index contributed by atoms with van der Waals surface area (Å²) in [6.45, 7) is 1.26. The molecule has 1 aromatic rings. The third-order valence-electron chi connectivity index (χ3n) is 5.19. The fraction of sp³-hybridized carbons (Fsp3) is 0.647. The van der Waals surface area contributed by atoms with Crippen LogP contribution in [0.1, 0.15) is 53.8 Å². The third kappa shape index (κ3) is 2.95. The van der Waals surface area contributed by atoms with Gasteiger partial charge in [-0.15, -0.1) is 0 Å². The van der Waals surface area contributed by atoms with Gasteiger partial charge in [0.1, 0.15) is 5.69 Å². The van der Waals surface area contributed by atoms with E-state index in [1.807, 2.05) is 4.90 Å². The average Bonchev–Trinajstić information content (AvgIpc) is 3.35. The number of amides is 2. The van der Waals surface area contributed by atoms with E-state index in [1.54, 1.807) is 0 Å². The molecule has 0 spiro atoms. The molecule has 1 aromatic heterocycles. The minimum atomic E-state index is -0.195. The molecule has 2 aliphatic carbocycles. The van der Waals surface area contributed by atoms with Gasteiger partial charge in [0.15, 0.2) is 0 Å². The van der Waals surface area contributed by atoms with Gasteiger partial charge in [-0.25, -0.2) is 9.97 Å². The molecular formula is C17H23N5O2. The molecule has 7 nitrogen and oxygen atoms in total. The van der Waals surface area contributed by atoms with Crippen molar-refractivity contribution in [1.29, 1.82) is 0 Å². The van der Waals surface area contributed by atoms with Crippen LogP contribution in [0.3, 0.4) is 0 Å². The highest BCUT2D eigenvalue weighted by Gasteiger charge is 2.39. The van der Waals surface area contributed by atoms with Crippen molar-refractivity contribution in [2.24, 2.45) is 5.92 Å². The first-order valence-electron chi connectivity index (χ1n) is 8.84. The number of nitrogens with two attached hydrogens (primary N) is 1. The van der Waals surface area contributed by atoms with Crippen molar-refractivity contribution in [3.05, 3.63) is 17.0 Å². The first-order chi connectivity index (χ1) is 11.6. The number of hydrogen-bond donors (Lipinski definition) is 2. The van der Waals surface area contributed by atoms with E-state index in [9.17, 15) is 9.59 Å². The summed E-state index contributed by atoms with van der Waals surface area (Å²) in [6, 6.07) is 0.451. The Hall–Kier alpha value is -2.18. The quantitative estimate of drug-likeness (QED) is 0.846. The summed E-state index contributed by atoms with van der Waals surface area (Å²) in [4.78, 5) is 35.0. The molecule has 2 heterocycles. The normalized spacial score (nSPS) is 23.2. The van der Waals surface area contributed by atoms with Gasteiger partial charge in [0.2, 0.25) is 11.9 Å². The van der Waals surface area contributed by atoms with E-state index in [0.717, 1.165) is 56.3 Å². The van der Waals surface area contributed by atoms with Crippen LogP contribution < -0.4 is 11.1 Å². The monoisotopic (exact) mass is 329 g/mol. The number of hydrogen-bond acceptors (Lipinski definition) is 5. The molecule has 0 radical (unpaired) electrons. The Labute approximate surface area is 141 Å². The van der Waals surface area contributed by atoms with Crippen LogP contribution >= 0.6 is 0 Å². The van der Waals surface area contributed by atoms with Gasteiger partial charge in [0, 0.05) is 42.7 Å². The SMILES string of the molecule is Nc1nc2c(c(C(=O)NCC3CC(=O)N(C4CC4)C3)n1)CCCC2. The largest absolute Gasteiger partial charge is 0.368 e. The van der Waals surface area contributed by atoms with E-state index >= 15 is 0 Å². The Morgan fingerprint density at radius 2 is 2.04 bits per heavy atom. The van der Waals surface area contributed by atoms with Crippen molar-refractivity contribution in [3.8, 4) is 0 Å². The van der Waals surface area contributed by atoms with E-state index in [1.165, 1.54) is 0 Å². The lowest BCUT2D eigenvalue weighted by Crippen LogP contribution is -2.33. The summed E-state index contributed by atoms with van der Waals surface area (Å²) in [7, 11) is 0. The number of carbonyl (C=O) groups excluding carboxylic acids is 2. The lowest BCUT2D eigenvalue weighted by molar-refractivity contribution is -0.128. The number of nitrogens with one attached hydrogen (secondary N) is 1. The number of nitrogens with zero attached hydrogens (tertiary/aromatic N) is 3. The van der Waals surface area contributed by atoms with Gasteiger partial charge >= 0.3 is 0 Å². The van der Waals surface area contributed by atoms with Gasteiger partial charge in [-0.05, 0) is 38.5 Å². The summed E-state index contributed by atoms with van der Waals surface area (Å²) in [6.07, 6.45) is 6.58. The van der Waals surface area contributed by atoms with Gasteiger partial charge < -0.3 is 16.0 Å². The van der Waals surface area contributed by atoms with Crippen LogP contribution in [0.15, 0.2) is 0 Å². The highest BCUT2D eigenvalue weighted by molar-refractivity contribution is 5.94. The minimum Gasteiger partial charge on any atom is -0.368 e. The fourth-order valence-corrected chi connectivity index (χ4v) is 3.81. The van der Waals surface area contributed by atoms with Crippen LogP contribution in [0, 0.1) is 5.92 Å². The summed E-state index contributed by atoms with van der Waals surface area (Å²) >= 11 is 0. The summed E-state index contributed by atoms with van der Waals surface area (Å²) in [5.74, 6) is 0.383. The van der Waals surface area contributed by atoms with Gasteiger partial charge in [-0.2, -0.15) is 0 Å². The molecule has 128 valence electrons. The molecule has 1 saturated carbocycles. The van der Waals surface area contributed by atoms with E-state index < -0.39 is 0 Å². The Bertz CT molecular complexity index is 686. The van der Waals surface area contributed by atoms with E-state index in [2.05, 4.69) is 15.3 Å². The molecule has 7 heteroatoms. The maximum absolute atomic E-state index is 12.6. The van der Waals surface area contributed by atoms with Crippen LogP contribution in [-0.4, -0.2) is 45.8 Å². The van der Waals surface area contributed by atoms with Crippen LogP contribution in [-0.2, 0) is 17.6 Å². The number of likely N-dealkylation sites (tertiary alicyclic amines) is 1. The second-order valence-corrected chi connectivity index (χ2v) is 7.12. The molecule has 0 aromatic carbocycles.